The number of ether oxygens (including phenoxy) is 1. The molecule has 5 rings (SSSR count). The summed E-state index contributed by atoms with van der Waals surface area (Å²) in [5, 5.41) is 0. The molecule has 0 aliphatic carbocycles. The Kier molecular flexibility index (Phi) is 5.92. The molecule has 8 heteroatoms. The lowest BCUT2D eigenvalue weighted by atomic mass is 10.2. The highest BCUT2D eigenvalue weighted by Crippen LogP contribution is 2.27. The molecule has 7 nitrogen and oxygen atoms in total. The van der Waals surface area contributed by atoms with Gasteiger partial charge in [-0.15, -0.1) is 0 Å². The lowest BCUT2D eigenvalue weighted by Gasteiger charge is -2.25. The molecule has 0 atom stereocenters. The fraction of sp³-hybridized carbons (Fsp3) is 0.458. The van der Waals surface area contributed by atoms with E-state index in [1.54, 1.807) is 16.4 Å². The molecule has 0 saturated carbocycles. The van der Waals surface area contributed by atoms with Crippen molar-refractivity contribution in [1.82, 2.24) is 18.8 Å². The largest absolute Gasteiger partial charge is 0.492 e. The van der Waals surface area contributed by atoms with E-state index < -0.39 is 10.0 Å². The molecule has 0 spiro atoms. The van der Waals surface area contributed by atoms with Crippen molar-refractivity contribution in [3.8, 4) is 5.75 Å². The van der Waals surface area contributed by atoms with Crippen LogP contribution in [0, 0.1) is 0 Å². The monoisotopic (exact) mass is 454 g/mol. The molecule has 2 aliphatic heterocycles. The minimum atomic E-state index is -3.47. The summed E-state index contributed by atoms with van der Waals surface area (Å²) in [6, 6.07) is 13.6. The van der Waals surface area contributed by atoms with Crippen LogP contribution in [-0.2, 0) is 29.7 Å². The van der Waals surface area contributed by atoms with E-state index in [1.807, 2.05) is 24.3 Å². The Morgan fingerprint density at radius 1 is 1.03 bits per heavy atom. The first kappa shape index (κ1) is 21.4. The summed E-state index contributed by atoms with van der Waals surface area (Å²) in [4.78, 5) is 7.56. The van der Waals surface area contributed by atoms with E-state index in [0.717, 1.165) is 61.5 Å². The molecule has 32 heavy (non-hydrogen) atoms. The van der Waals surface area contributed by atoms with Crippen molar-refractivity contribution < 1.29 is 13.2 Å². The predicted molar refractivity (Wildman–Crippen MR) is 124 cm³/mol. The minimum Gasteiger partial charge on any atom is -0.492 e. The van der Waals surface area contributed by atoms with Gasteiger partial charge in [0.1, 0.15) is 18.2 Å². The third-order valence-corrected chi connectivity index (χ3v) is 8.36. The van der Waals surface area contributed by atoms with Crippen LogP contribution in [0.1, 0.15) is 37.6 Å². The molecule has 1 fully saturated rings. The predicted octanol–water partition coefficient (Wildman–Crippen LogP) is 3.63. The van der Waals surface area contributed by atoms with Crippen molar-refractivity contribution in [3.63, 3.8) is 0 Å². The average Bonchev–Trinajstić information content (AvgIpc) is 3.02. The van der Waals surface area contributed by atoms with Crippen LogP contribution in [0.5, 0.6) is 5.75 Å². The number of nitrogens with zero attached hydrogens (tertiary/aromatic N) is 4. The third-order valence-electron chi connectivity index (χ3n) is 6.46. The highest BCUT2D eigenvalue weighted by molar-refractivity contribution is 7.89. The number of piperidine rings is 1. The molecule has 0 amide bonds. The zero-order valence-corrected chi connectivity index (χ0v) is 19.4. The summed E-state index contributed by atoms with van der Waals surface area (Å²) in [5.74, 6) is 1.90. The first-order chi connectivity index (χ1) is 15.6. The highest BCUT2D eigenvalue weighted by atomic mass is 32.2. The van der Waals surface area contributed by atoms with Gasteiger partial charge in [0.2, 0.25) is 10.0 Å². The Morgan fingerprint density at radius 3 is 2.66 bits per heavy atom. The molecule has 0 radical (unpaired) electrons. The van der Waals surface area contributed by atoms with E-state index in [9.17, 15) is 8.42 Å². The van der Waals surface area contributed by atoms with Gasteiger partial charge in [0.15, 0.2) is 0 Å². The second kappa shape index (κ2) is 8.84. The standard InChI is InChI=1S/C24H30N4O3S/c1-2-28-22-11-10-20(32(29,30)27-12-6-3-7-13-27)16-21(22)25-24(28)18-26-14-15-31-23-9-5-4-8-19(23)17-26/h4-5,8-11,16H,2-3,6-7,12-15,17-18H2,1H3. The minimum absolute atomic E-state index is 0.344. The lowest BCUT2D eigenvalue weighted by molar-refractivity contribution is 0.214. The fourth-order valence-electron chi connectivity index (χ4n) is 4.76. The maximum absolute atomic E-state index is 13.1. The lowest BCUT2D eigenvalue weighted by Crippen LogP contribution is -2.35. The number of aromatic nitrogens is 2. The third kappa shape index (κ3) is 4.02. The number of imidazole rings is 1. The molecular weight excluding hydrogens is 424 g/mol. The number of benzene rings is 2. The topological polar surface area (TPSA) is 67.7 Å². The van der Waals surface area contributed by atoms with Crippen LogP contribution in [0.2, 0.25) is 0 Å². The molecule has 3 aromatic rings. The summed E-state index contributed by atoms with van der Waals surface area (Å²) >= 11 is 0. The molecular formula is C24H30N4O3S. The number of hydrogen-bond donors (Lipinski definition) is 0. The van der Waals surface area contributed by atoms with Gasteiger partial charge in [-0.1, -0.05) is 24.6 Å². The Morgan fingerprint density at radius 2 is 1.84 bits per heavy atom. The molecule has 0 unspecified atom stereocenters. The van der Waals surface area contributed by atoms with Gasteiger partial charge in [0.05, 0.1) is 22.5 Å². The van der Waals surface area contributed by atoms with Crippen molar-refractivity contribution in [3.05, 3.63) is 53.9 Å². The van der Waals surface area contributed by atoms with E-state index in [-0.39, 0.29) is 0 Å². The molecule has 2 aromatic carbocycles. The number of rotatable bonds is 5. The number of hydrogen-bond acceptors (Lipinski definition) is 5. The molecule has 0 bridgehead atoms. The molecule has 1 aromatic heterocycles. The van der Waals surface area contributed by atoms with Crippen LogP contribution < -0.4 is 4.74 Å². The number of aryl methyl sites for hydroxylation is 1. The van der Waals surface area contributed by atoms with E-state index in [4.69, 9.17) is 9.72 Å². The fourth-order valence-corrected chi connectivity index (χ4v) is 6.30. The summed E-state index contributed by atoms with van der Waals surface area (Å²) in [5.41, 5.74) is 2.90. The number of sulfonamides is 1. The van der Waals surface area contributed by atoms with Crippen molar-refractivity contribution in [2.45, 2.75) is 50.7 Å². The van der Waals surface area contributed by atoms with Crippen LogP contribution in [-0.4, -0.2) is 53.4 Å². The Bertz CT molecular complexity index is 1220. The molecule has 1 saturated heterocycles. The van der Waals surface area contributed by atoms with Gasteiger partial charge < -0.3 is 9.30 Å². The van der Waals surface area contributed by atoms with Crippen molar-refractivity contribution in [2.75, 3.05) is 26.2 Å². The summed E-state index contributed by atoms with van der Waals surface area (Å²) < 4.78 is 36.0. The Labute approximate surface area is 189 Å². The molecule has 170 valence electrons. The van der Waals surface area contributed by atoms with E-state index in [1.165, 1.54) is 5.56 Å². The second-order valence-electron chi connectivity index (χ2n) is 8.55. The van der Waals surface area contributed by atoms with Crippen LogP contribution in [0.3, 0.4) is 0 Å². The van der Waals surface area contributed by atoms with Gasteiger partial charge in [-0.05, 0) is 44.0 Å². The highest BCUT2D eigenvalue weighted by Gasteiger charge is 2.27. The van der Waals surface area contributed by atoms with E-state index in [2.05, 4.69) is 22.5 Å². The van der Waals surface area contributed by atoms with Crippen LogP contribution in [0.15, 0.2) is 47.4 Å². The van der Waals surface area contributed by atoms with Crippen molar-refractivity contribution >= 4 is 21.1 Å². The molecule has 0 N–H and O–H groups in total. The molecule has 3 heterocycles. The molecule has 2 aliphatic rings. The van der Waals surface area contributed by atoms with Crippen LogP contribution in [0.25, 0.3) is 11.0 Å². The van der Waals surface area contributed by atoms with Gasteiger partial charge in [-0.25, -0.2) is 13.4 Å². The average molecular weight is 455 g/mol. The van der Waals surface area contributed by atoms with E-state index >= 15 is 0 Å². The number of fused-ring (bicyclic) bond motifs is 2. The quantitative estimate of drug-likeness (QED) is 0.589. The summed E-state index contributed by atoms with van der Waals surface area (Å²) in [6.07, 6.45) is 2.96. The summed E-state index contributed by atoms with van der Waals surface area (Å²) in [6.45, 7) is 7.04. The van der Waals surface area contributed by atoms with Gasteiger partial charge in [-0.2, -0.15) is 4.31 Å². The van der Waals surface area contributed by atoms with Crippen LogP contribution >= 0.6 is 0 Å². The zero-order valence-electron chi connectivity index (χ0n) is 18.5. The Balaban J connectivity index is 1.44. The van der Waals surface area contributed by atoms with Crippen LogP contribution in [0.4, 0.5) is 0 Å². The van der Waals surface area contributed by atoms with Gasteiger partial charge in [0, 0.05) is 38.3 Å². The smallest absolute Gasteiger partial charge is 0.243 e. The van der Waals surface area contributed by atoms with Crippen molar-refractivity contribution in [2.24, 2.45) is 0 Å². The normalized spacial score (nSPS) is 18.3. The van der Waals surface area contributed by atoms with Gasteiger partial charge in [-0.3, -0.25) is 4.90 Å². The maximum atomic E-state index is 13.1. The van der Waals surface area contributed by atoms with E-state index in [0.29, 0.717) is 31.1 Å². The number of para-hydroxylation sites is 1. The Hall–Kier alpha value is -2.42. The van der Waals surface area contributed by atoms with Crippen molar-refractivity contribution in [1.29, 1.82) is 0 Å². The summed E-state index contributed by atoms with van der Waals surface area (Å²) in [7, 11) is -3.47. The SMILES string of the molecule is CCn1c(CN2CCOc3ccccc3C2)nc2cc(S(=O)(=O)N3CCCCC3)ccc21. The second-order valence-corrected chi connectivity index (χ2v) is 10.5. The van der Waals surface area contributed by atoms with Gasteiger partial charge >= 0.3 is 0 Å². The first-order valence-electron chi connectivity index (χ1n) is 11.5. The maximum Gasteiger partial charge on any atom is 0.243 e. The zero-order chi connectivity index (χ0) is 22.1. The first-order valence-corrected chi connectivity index (χ1v) is 12.9. The van der Waals surface area contributed by atoms with Gasteiger partial charge in [0.25, 0.3) is 0 Å².